The molecule has 4 saturated carbocycles. The summed E-state index contributed by atoms with van der Waals surface area (Å²) in [6, 6.07) is 8.73. The number of hydrogen-bond donors (Lipinski definition) is 2. The molecule has 4 nitrogen and oxygen atoms in total. The summed E-state index contributed by atoms with van der Waals surface area (Å²) in [7, 11) is 0. The van der Waals surface area contributed by atoms with Crippen molar-refractivity contribution in [1.82, 2.24) is 4.90 Å². The summed E-state index contributed by atoms with van der Waals surface area (Å²) >= 11 is 0. The van der Waals surface area contributed by atoms with Gasteiger partial charge in [-0.25, -0.2) is 0 Å². The lowest BCUT2D eigenvalue weighted by atomic mass is 9.32. The van der Waals surface area contributed by atoms with Gasteiger partial charge in [0.05, 0.1) is 11.7 Å². The number of fused-ring (bicyclic) bond motifs is 2. The Morgan fingerprint density at radius 2 is 1.54 bits per heavy atom. The van der Waals surface area contributed by atoms with Gasteiger partial charge in [-0.2, -0.15) is 0 Å². The third-order valence-electron chi connectivity index (χ3n) is 14.3. The van der Waals surface area contributed by atoms with Crippen LogP contribution in [0.1, 0.15) is 102 Å². The molecule has 1 heterocycles. The molecule has 2 bridgehead atoms. The summed E-state index contributed by atoms with van der Waals surface area (Å²) in [6.07, 6.45) is 19.2. The average Bonchev–Trinajstić information content (AvgIpc) is 3.50. The highest BCUT2D eigenvalue weighted by Crippen LogP contribution is 2.78. The van der Waals surface area contributed by atoms with Crippen molar-refractivity contribution in [3.05, 3.63) is 59.2 Å². The van der Waals surface area contributed by atoms with Crippen molar-refractivity contribution in [2.45, 2.75) is 116 Å². The van der Waals surface area contributed by atoms with Gasteiger partial charge in [0.2, 0.25) is 0 Å². The number of allylic oxidation sites excluding steroid dienone is 4. The molecule has 9 rings (SSSR count). The summed E-state index contributed by atoms with van der Waals surface area (Å²) in [5, 5.41) is 23.6. The fraction of sp³-hybridized carbons (Fsp3) is 0.703. The van der Waals surface area contributed by atoms with Crippen LogP contribution in [0.4, 0.5) is 0 Å². The highest BCUT2D eigenvalue weighted by molar-refractivity contribution is 6.00. The van der Waals surface area contributed by atoms with Crippen molar-refractivity contribution >= 4 is 5.78 Å². The molecule has 0 amide bonds. The number of hydrogen-bond acceptors (Lipinski definition) is 4. The van der Waals surface area contributed by atoms with Crippen molar-refractivity contribution in [2.24, 2.45) is 39.4 Å². The van der Waals surface area contributed by atoms with Gasteiger partial charge in [-0.1, -0.05) is 75.6 Å². The van der Waals surface area contributed by atoms with Crippen LogP contribution in [0.25, 0.3) is 0 Å². The monoisotopic (exact) mass is 555 g/mol. The van der Waals surface area contributed by atoms with Crippen LogP contribution in [0.3, 0.4) is 0 Å². The van der Waals surface area contributed by atoms with E-state index in [9.17, 15) is 15.0 Å². The zero-order valence-corrected chi connectivity index (χ0v) is 25.2. The van der Waals surface area contributed by atoms with Crippen LogP contribution >= 0.6 is 0 Å². The van der Waals surface area contributed by atoms with Crippen LogP contribution in [-0.4, -0.2) is 39.1 Å². The Hall–Kier alpha value is -1.75. The predicted molar refractivity (Wildman–Crippen MR) is 161 cm³/mol. The lowest BCUT2D eigenvalue weighted by Crippen LogP contribution is -2.67. The molecule has 2 N–H and O–H groups in total. The summed E-state index contributed by atoms with van der Waals surface area (Å²) in [5.41, 5.74) is 2.42. The molecule has 1 aromatic rings. The smallest absolute Gasteiger partial charge is 0.162 e. The molecule has 220 valence electrons. The second-order valence-corrected chi connectivity index (χ2v) is 15.9. The van der Waals surface area contributed by atoms with Gasteiger partial charge in [0, 0.05) is 47.4 Å². The zero-order chi connectivity index (χ0) is 28.3. The SMILES string of the molecule is CC12CCC(O)CC13C=CC1(C(C(=O)C4CCCCC4)=C3)C2CCC2(C)C1CCC2(O)CN1Cc2ccccc2C1. The first-order valence-corrected chi connectivity index (χ1v) is 16.8. The number of aliphatic hydroxyl groups is 2. The minimum absolute atomic E-state index is 0.0515. The molecule has 0 saturated heterocycles. The Morgan fingerprint density at radius 1 is 0.878 bits per heavy atom. The number of rotatable bonds is 4. The van der Waals surface area contributed by atoms with Crippen molar-refractivity contribution in [3.63, 3.8) is 0 Å². The minimum Gasteiger partial charge on any atom is -0.393 e. The Labute approximate surface area is 246 Å². The number of carbonyl (C=O) groups is 1. The minimum atomic E-state index is -0.762. The van der Waals surface area contributed by atoms with E-state index in [1.54, 1.807) is 0 Å². The van der Waals surface area contributed by atoms with Gasteiger partial charge >= 0.3 is 0 Å². The van der Waals surface area contributed by atoms with E-state index in [0.717, 1.165) is 89.3 Å². The lowest BCUT2D eigenvalue weighted by Gasteiger charge is -2.71. The largest absolute Gasteiger partial charge is 0.393 e. The zero-order valence-electron chi connectivity index (χ0n) is 25.2. The van der Waals surface area contributed by atoms with E-state index >= 15 is 0 Å². The van der Waals surface area contributed by atoms with Gasteiger partial charge in [0.1, 0.15) is 0 Å². The quantitative estimate of drug-likeness (QED) is 0.404. The third kappa shape index (κ3) is 3.42. The van der Waals surface area contributed by atoms with Crippen LogP contribution in [-0.2, 0) is 17.9 Å². The molecule has 4 heteroatoms. The number of ketones is 1. The van der Waals surface area contributed by atoms with Gasteiger partial charge in [0.15, 0.2) is 5.78 Å². The normalized spacial score (nSPS) is 46.9. The second kappa shape index (κ2) is 8.89. The fourth-order valence-corrected chi connectivity index (χ4v) is 12.1. The first kappa shape index (κ1) is 26.8. The molecular formula is C37H49NO3. The van der Waals surface area contributed by atoms with E-state index in [1.807, 2.05) is 0 Å². The number of Topliss-reactive ketones (excluding diaryl/α,β-unsaturated/α-hetero) is 1. The topological polar surface area (TPSA) is 60.8 Å². The molecule has 41 heavy (non-hydrogen) atoms. The standard InChI is InChI=1S/C37H49NO3/c1-33-15-12-28(39)20-35(33)18-19-37(29(21-35)32(40)25-8-4-3-5-9-25)30(33)13-16-34(2)31(37)14-17-36(34,41)24-38-22-26-10-6-7-11-27(26)23-38/h6-7,10-11,18-19,21,25,28,30-31,39,41H,3-5,8-9,12-17,20,22-24H2,1-2H3. The molecule has 8 unspecified atom stereocenters. The highest BCUT2D eigenvalue weighted by Gasteiger charge is 2.74. The first-order chi connectivity index (χ1) is 19.6. The molecule has 2 spiro atoms. The second-order valence-electron chi connectivity index (χ2n) is 15.9. The van der Waals surface area contributed by atoms with Crippen LogP contribution < -0.4 is 0 Å². The van der Waals surface area contributed by atoms with Gasteiger partial charge in [-0.3, -0.25) is 9.69 Å². The summed E-state index contributed by atoms with van der Waals surface area (Å²) in [5.74, 6) is 1.22. The molecule has 8 atom stereocenters. The van der Waals surface area contributed by atoms with E-state index in [2.05, 4.69) is 61.2 Å². The van der Waals surface area contributed by atoms with Crippen molar-refractivity contribution in [2.75, 3.05) is 6.54 Å². The maximum Gasteiger partial charge on any atom is 0.162 e. The van der Waals surface area contributed by atoms with Crippen LogP contribution in [0.2, 0.25) is 0 Å². The van der Waals surface area contributed by atoms with E-state index in [-0.39, 0.29) is 39.6 Å². The van der Waals surface area contributed by atoms with Crippen molar-refractivity contribution < 1.29 is 15.0 Å². The number of nitrogens with zero attached hydrogens (tertiary/aromatic N) is 1. The number of carbonyl (C=O) groups excluding carboxylic acids is 1. The van der Waals surface area contributed by atoms with E-state index in [1.165, 1.54) is 17.5 Å². The van der Waals surface area contributed by atoms with Gasteiger partial charge in [-0.15, -0.1) is 0 Å². The number of benzene rings is 1. The lowest BCUT2D eigenvalue weighted by molar-refractivity contribution is -0.180. The maximum absolute atomic E-state index is 14.7. The third-order valence-corrected chi connectivity index (χ3v) is 14.3. The predicted octanol–water partition coefficient (Wildman–Crippen LogP) is 6.74. The molecule has 1 aromatic carbocycles. The van der Waals surface area contributed by atoms with E-state index in [0.29, 0.717) is 18.2 Å². The summed E-state index contributed by atoms with van der Waals surface area (Å²) < 4.78 is 0. The van der Waals surface area contributed by atoms with Crippen molar-refractivity contribution in [3.8, 4) is 0 Å². The molecule has 8 aliphatic rings. The van der Waals surface area contributed by atoms with Crippen LogP contribution in [0.15, 0.2) is 48.1 Å². The number of β-amino-alcohol motifs (C(OH)–C–C–N with tert-alkyl or cyclic N) is 1. The highest BCUT2D eigenvalue weighted by atomic mass is 16.3. The molecule has 7 aliphatic carbocycles. The molecule has 0 aromatic heterocycles. The average molecular weight is 556 g/mol. The van der Waals surface area contributed by atoms with Crippen molar-refractivity contribution in [1.29, 1.82) is 0 Å². The first-order valence-electron chi connectivity index (χ1n) is 16.8. The molecule has 1 aliphatic heterocycles. The Morgan fingerprint density at radius 3 is 2.27 bits per heavy atom. The molecule has 4 fully saturated rings. The Kier molecular flexibility index (Phi) is 5.82. The fourth-order valence-electron chi connectivity index (χ4n) is 12.1. The Balaban J connectivity index is 1.20. The van der Waals surface area contributed by atoms with Crippen LogP contribution in [0.5, 0.6) is 0 Å². The summed E-state index contributed by atoms with van der Waals surface area (Å²) in [6.45, 7) is 7.43. The van der Waals surface area contributed by atoms with E-state index < -0.39 is 5.60 Å². The maximum atomic E-state index is 14.7. The molecule has 0 radical (unpaired) electrons. The van der Waals surface area contributed by atoms with Crippen LogP contribution in [0, 0.1) is 39.4 Å². The summed E-state index contributed by atoms with van der Waals surface area (Å²) in [4.78, 5) is 17.1. The molecular weight excluding hydrogens is 506 g/mol. The van der Waals surface area contributed by atoms with E-state index in [4.69, 9.17) is 0 Å². The van der Waals surface area contributed by atoms with Gasteiger partial charge in [0.25, 0.3) is 0 Å². The Bertz CT molecular complexity index is 1300. The van der Waals surface area contributed by atoms with Gasteiger partial charge in [-0.05, 0) is 86.2 Å². The van der Waals surface area contributed by atoms with Gasteiger partial charge < -0.3 is 10.2 Å². The number of aliphatic hydroxyl groups excluding tert-OH is 1.